The largest absolute Gasteiger partial charge is 0.369 e. The van der Waals surface area contributed by atoms with Crippen LogP contribution in [0.4, 0.5) is 0 Å². The van der Waals surface area contributed by atoms with Gasteiger partial charge in [-0.15, -0.1) is 0 Å². The van der Waals surface area contributed by atoms with Gasteiger partial charge in [0.1, 0.15) is 0 Å². The second kappa shape index (κ2) is 7.81. The third-order valence-electron chi connectivity index (χ3n) is 5.85. The normalized spacial score (nSPS) is 13.1. The van der Waals surface area contributed by atoms with Gasteiger partial charge in [-0.2, -0.15) is 0 Å². The molecule has 0 atom stereocenters. The molecule has 0 spiro atoms. The summed E-state index contributed by atoms with van der Waals surface area (Å²) in [6.45, 7) is 0.278. The Kier molecular flexibility index (Phi) is 4.82. The highest BCUT2D eigenvalue weighted by Crippen LogP contribution is 2.28. The van der Waals surface area contributed by atoms with Gasteiger partial charge in [-0.05, 0) is 53.9 Å². The van der Waals surface area contributed by atoms with Crippen LogP contribution in [0.2, 0.25) is 0 Å². The zero-order valence-corrected chi connectivity index (χ0v) is 17.3. The van der Waals surface area contributed by atoms with Crippen LogP contribution < -0.4 is 5.73 Å². The fourth-order valence-corrected chi connectivity index (χ4v) is 4.33. The third-order valence-corrected chi connectivity index (χ3v) is 5.85. The van der Waals surface area contributed by atoms with Crippen molar-refractivity contribution in [2.24, 2.45) is 5.73 Å². The van der Waals surface area contributed by atoms with E-state index >= 15 is 0 Å². The number of hydrogen-bond acceptors (Lipinski definition) is 3. The molecule has 158 valence electrons. The van der Waals surface area contributed by atoms with Gasteiger partial charge in [-0.3, -0.25) is 19.3 Å². The molecule has 1 aliphatic heterocycles. The molecule has 5 rings (SSSR count). The van der Waals surface area contributed by atoms with Crippen molar-refractivity contribution in [1.29, 1.82) is 0 Å². The molecule has 0 aliphatic carbocycles. The minimum Gasteiger partial charge on any atom is -0.369 e. The summed E-state index contributed by atoms with van der Waals surface area (Å²) in [5.41, 5.74) is 10.1. The molecule has 0 bridgehead atoms. The molecule has 3 amide bonds. The Hall–Kier alpha value is -4.19. The molecule has 0 radical (unpaired) electrons. The molecule has 2 N–H and O–H groups in total. The monoisotopic (exact) mass is 423 g/mol. The van der Waals surface area contributed by atoms with Crippen molar-refractivity contribution in [2.75, 3.05) is 6.54 Å². The lowest BCUT2D eigenvalue weighted by Gasteiger charge is -2.13. The molecule has 6 heteroatoms. The van der Waals surface area contributed by atoms with Crippen LogP contribution in [-0.4, -0.2) is 33.7 Å². The van der Waals surface area contributed by atoms with E-state index in [1.54, 1.807) is 24.3 Å². The molecule has 4 aromatic rings. The van der Waals surface area contributed by atoms with Gasteiger partial charge in [0.05, 0.1) is 23.1 Å². The second-order valence-electron chi connectivity index (χ2n) is 7.91. The lowest BCUT2D eigenvalue weighted by atomic mass is 10.0. The minimum atomic E-state index is -0.389. The Morgan fingerprint density at radius 1 is 0.844 bits per heavy atom. The maximum absolute atomic E-state index is 12.7. The Morgan fingerprint density at radius 2 is 1.50 bits per heavy atom. The Balaban J connectivity index is 1.51. The molecular formula is C26H21N3O3. The number of fused-ring (bicyclic) bond motifs is 2. The van der Waals surface area contributed by atoms with E-state index in [1.165, 1.54) is 4.90 Å². The molecule has 0 fully saturated rings. The van der Waals surface area contributed by atoms with Crippen molar-refractivity contribution in [1.82, 2.24) is 9.47 Å². The third kappa shape index (κ3) is 3.36. The summed E-state index contributed by atoms with van der Waals surface area (Å²) in [4.78, 5) is 38.2. The zero-order valence-electron chi connectivity index (χ0n) is 17.3. The highest BCUT2D eigenvalue weighted by Gasteiger charge is 2.34. The summed E-state index contributed by atoms with van der Waals surface area (Å²) < 4.78 is 2.08. The van der Waals surface area contributed by atoms with Crippen LogP contribution in [0.25, 0.3) is 16.6 Å². The van der Waals surface area contributed by atoms with E-state index in [2.05, 4.69) is 4.57 Å². The molecule has 32 heavy (non-hydrogen) atoms. The van der Waals surface area contributed by atoms with E-state index < -0.39 is 0 Å². The van der Waals surface area contributed by atoms with Crippen LogP contribution in [0.1, 0.15) is 31.8 Å². The van der Waals surface area contributed by atoms with Crippen LogP contribution in [0, 0.1) is 0 Å². The maximum Gasteiger partial charge on any atom is 0.261 e. The van der Waals surface area contributed by atoms with Crippen LogP contribution in [0.5, 0.6) is 0 Å². The number of carbonyl (C=O) groups is 3. The van der Waals surface area contributed by atoms with Crippen molar-refractivity contribution in [2.45, 2.75) is 12.8 Å². The molecule has 1 aromatic heterocycles. The summed E-state index contributed by atoms with van der Waals surface area (Å²) >= 11 is 0. The number of nitrogens with zero attached hydrogens (tertiary/aromatic N) is 2. The van der Waals surface area contributed by atoms with Crippen LogP contribution in [0.3, 0.4) is 0 Å². The minimum absolute atomic E-state index is 0.157. The van der Waals surface area contributed by atoms with Crippen molar-refractivity contribution in [3.8, 4) is 5.69 Å². The number of carbonyl (C=O) groups excluding carboxylic acids is 3. The Bertz CT molecular complexity index is 1340. The molecule has 0 unspecified atom stereocenters. The zero-order chi connectivity index (χ0) is 22.2. The van der Waals surface area contributed by atoms with Gasteiger partial charge < -0.3 is 10.3 Å². The number of imide groups is 1. The first-order valence-electron chi connectivity index (χ1n) is 10.4. The van der Waals surface area contributed by atoms with Crippen LogP contribution in [-0.2, 0) is 17.6 Å². The summed E-state index contributed by atoms with van der Waals surface area (Å²) in [6.07, 6.45) is 2.69. The quantitative estimate of drug-likeness (QED) is 0.482. The van der Waals surface area contributed by atoms with E-state index in [0.717, 1.165) is 27.7 Å². The highest BCUT2D eigenvalue weighted by atomic mass is 16.2. The molecule has 6 nitrogen and oxygen atoms in total. The molecule has 1 aliphatic rings. The van der Waals surface area contributed by atoms with Crippen LogP contribution in [0.15, 0.2) is 79.0 Å². The number of para-hydroxylation sites is 1. The number of benzene rings is 3. The lowest BCUT2D eigenvalue weighted by molar-refractivity contribution is -0.117. The van der Waals surface area contributed by atoms with E-state index in [1.807, 2.05) is 54.7 Å². The van der Waals surface area contributed by atoms with Gasteiger partial charge in [0.15, 0.2) is 0 Å². The molecule has 0 saturated heterocycles. The Morgan fingerprint density at radius 3 is 2.16 bits per heavy atom. The van der Waals surface area contributed by atoms with Gasteiger partial charge >= 0.3 is 0 Å². The molecule has 3 aromatic carbocycles. The predicted octanol–water partition coefficient (Wildman–Crippen LogP) is 3.50. The van der Waals surface area contributed by atoms with Gasteiger partial charge in [-0.1, -0.05) is 36.4 Å². The summed E-state index contributed by atoms with van der Waals surface area (Å²) in [5.74, 6) is -0.905. The van der Waals surface area contributed by atoms with E-state index in [9.17, 15) is 14.4 Å². The molecule has 0 saturated carbocycles. The van der Waals surface area contributed by atoms with Crippen LogP contribution >= 0.6 is 0 Å². The predicted molar refractivity (Wildman–Crippen MR) is 122 cm³/mol. The second-order valence-corrected chi connectivity index (χ2v) is 7.91. The van der Waals surface area contributed by atoms with Crippen molar-refractivity contribution in [3.63, 3.8) is 0 Å². The number of rotatable bonds is 6. The number of nitrogens with two attached hydrogens (primary N) is 1. The van der Waals surface area contributed by atoms with Gasteiger partial charge in [-0.25, -0.2) is 0 Å². The fraction of sp³-hybridized carbons (Fsp3) is 0.115. The van der Waals surface area contributed by atoms with Crippen molar-refractivity contribution >= 4 is 28.6 Å². The number of aromatic nitrogens is 1. The molecule has 2 heterocycles. The smallest absolute Gasteiger partial charge is 0.261 e. The number of hydrogen-bond donors (Lipinski definition) is 1. The average Bonchev–Trinajstić information content (AvgIpc) is 3.28. The first-order valence-corrected chi connectivity index (χ1v) is 10.4. The Labute approximate surface area is 184 Å². The summed E-state index contributed by atoms with van der Waals surface area (Å²) in [7, 11) is 0. The molecular weight excluding hydrogens is 402 g/mol. The first kappa shape index (κ1) is 19.8. The lowest BCUT2D eigenvalue weighted by Crippen LogP contribution is -2.31. The van der Waals surface area contributed by atoms with Gasteiger partial charge in [0, 0.05) is 23.8 Å². The highest BCUT2D eigenvalue weighted by molar-refractivity contribution is 6.21. The fourth-order valence-electron chi connectivity index (χ4n) is 4.33. The van der Waals surface area contributed by atoms with E-state index in [0.29, 0.717) is 17.5 Å². The van der Waals surface area contributed by atoms with Gasteiger partial charge in [0.2, 0.25) is 5.91 Å². The number of amides is 3. The summed E-state index contributed by atoms with van der Waals surface area (Å²) in [5, 5.41) is 0.976. The van der Waals surface area contributed by atoms with E-state index in [-0.39, 0.29) is 30.7 Å². The average molecular weight is 423 g/mol. The SMILES string of the molecule is NC(=O)Cc1ccc2c(c1)c(CCN1C(=O)c3ccccc3C1=O)cn2-c1ccccc1. The van der Waals surface area contributed by atoms with Crippen molar-refractivity contribution < 1.29 is 14.4 Å². The van der Waals surface area contributed by atoms with Crippen molar-refractivity contribution in [3.05, 3.63) is 101 Å². The van der Waals surface area contributed by atoms with E-state index in [4.69, 9.17) is 5.73 Å². The number of primary amides is 1. The first-order chi connectivity index (χ1) is 15.5. The summed E-state index contributed by atoms with van der Waals surface area (Å²) in [6, 6.07) is 22.7. The topological polar surface area (TPSA) is 85.4 Å². The maximum atomic E-state index is 12.7. The standard InChI is InChI=1S/C26H21N3O3/c27-24(30)15-17-10-11-23-22(14-17)18(16-29(23)19-6-2-1-3-7-19)12-13-28-25(31)20-8-4-5-9-21(20)26(28)32/h1-11,14,16H,12-13,15H2,(H2,27,30). The van der Waals surface area contributed by atoms with Gasteiger partial charge in [0.25, 0.3) is 11.8 Å².